The lowest BCUT2D eigenvalue weighted by Crippen LogP contribution is -2.49. The average Bonchev–Trinajstić information content (AvgIpc) is 2.46. The molecule has 1 aromatic rings. The molecule has 1 aliphatic heterocycles. The first kappa shape index (κ1) is 13.0. The van der Waals surface area contributed by atoms with Crippen molar-refractivity contribution >= 4 is 0 Å². The summed E-state index contributed by atoms with van der Waals surface area (Å²) in [6.07, 6.45) is 4.78. The Kier molecular flexibility index (Phi) is 4.68. The summed E-state index contributed by atoms with van der Waals surface area (Å²) in [6.45, 7) is 7.22. The second-order valence-electron chi connectivity index (χ2n) is 4.79. The van der Waals surface area contributed by atoms with Gasteiger partial charge in [0.2, 0.25) is 0 Å². The molecule has 0 amide bonds. The fourth-order valence-electron chi connectivity index (χ4n) is 2.29. The van der Waals surface area contributed by atoms with Gasteiger partial charge >= 0.3 is 0 Å². The number of piperazine rings is 1. The Morgan fingerprint density at radius 3 is 2.56 bits per heavy atom. The summed E-state index contributed by atoms with van der Waals surface area (Å²) in [6, 6.07) is 6.51. The summed E-state index contributed by atoms with van der Waals surface area (Å²) < 4.78 is 0. The molecule has 0 saturated carbocycles. The Labute approximate surface area is 109 Å². The highest BCUT2D eigenvalue weighted by atomic mass is 15.3. The van der Waals surface area contributed by atoms with Crippen LogP contribution in [0, 0.1) is 11.3 Å². The summed E-state index contributed by atoms with van der Waals surface area (Å²) >= 11 is 0. The molecule has 2 heterocycles. The first-order valence-corrected chi connectivity index (χ1v) is 6.54. The number of hydrogen-bond acceptors (Lipinski definition) is 4. The third-order valence-electron chi connectivity index (χ3n) is 3.61. The van der Waals surface area contributed by atoms with Crippen LogP contribution in [0.25, 0.3) is 0 Å². The third-order valence-corrected chi connectivity index (χ3v) is 3.61. The van der Waals surface area contributed by atoms with E-state index in [-0.39, 0.29) is 6.04 Å². The molecular formula is C14H20N4. The van der Waals surface area contributed by atoms with Gasteiger partial charge in [0.1, 0.15) is 0 Å². The van der Waals surface area contributed by atoms with Crippen LogP contribution in [0.2, 0.25) is 0 Å². The largest absolute Gasteiger partial charge is 0.300 e. The monoisotopic (exact) mass is 244 g/mol. The first-order valence-electron chi connectivity index (χ1n) is 6.54. The highest BCUT2D eigenvalue weighted by Gasteiger charge is 2.20. The summed E-state index contributed by atoms with van der Waals surface area (Å²) in [5.74, 6) is 0. The molecule has 0 aliphatic carbocycles. The van der Waals surface area contributed by atoms with Crippen molar-refractivity contribution in [2.75, 3.05) is 32.7 Å². The van der Waals surface area contributed by atoms with Gasteiger partial charge in [-0.15, -0.1) is 0 Å². The van der Waals surface area contributed by atoms with Crippen LogP contribution >= 0.6 is 0 Å². The Hall–Kier alpha value is -1.44. The van der Waals surface area contributed by atoms with Crippen LogP contribution < -0.4 is 0 Å². The predicted molar refractivity (Wildman–Crippen MR) is 71.0 cm³/mol. The molecule has 1 atom stereocenters. The Bertz CT molecular complexity index is 390. The van der Waals surface area contributed by atoms with E-state index in [1.54, 1.807) is 0 Å². The van der Waals surface area contributed by atoms with Crippen molar-refractivity contribution in [3.63, 3.8) is 0 Å². The van der Waals surface area contributed by atoms with E-state index in [1.807, 2.05) is 19.3 Å². The van der Waals surface area contributed by atoms with E-state index in [0.29, 0.717) is 0 Å². The third kappa shape index (κ3) is 3.52. The molecule has 0 bridgehead atoms. The minimum atomic E-state index is 0.0485. The van der Waals surface area contributed by atoms with Crippen LogP contribution in [-0.2, 0) is 6.42 Å². The minimum absolute atomic E-state index is 0.0485. The molecule has 96 valence electrons. The van der Waals surface area contributed by atoms with Crippen LogP contribution in [0.5, 0.6) is 0 Å². The summed E-state index contributed by atoms with van der Waals surface area (Å²) in [5.41, 5.74) is 1.35. The Balaban J connectivity index is 1.73. The van der Waals surface area contributed by atoms with Gasteiger partial charge in [0.25, 0.3) is 0 Å². The van der Waals surface area contributed by atoms with Gasteiger partial charge in [0.15, 0.2) is 0 Å². The first-order chi connectivity index (χ1) is 8.79. The van der Waals surface area contributed by atoms with Crippen LogP contribution in [-0.4, -0.2) is 53.5 Å². The lowest BCUT2D eigenvalue weighted by atomic mass is 10.1. The molecule has 0 N–H and O–H groups in total. The fourth-order valence-corrected chi connectivity index (χ4v) is 2.29. The minimum Gasteiger partial charge on any atom is -0.300 e. The average molecular weight is 244 g/mol. The van der Waals surface area contributed by atoms with E-state index in [1.165, 1.54) is 5.56 Å². The second-order valence-corrected chi connectivity index (χ2v) is 4.79. The number of pyridine rings is 1. The van der Waals surface area contributed by atoms with Crippen LogP contribution in [0.4, 0.5) is 0 Å². The smallest absolute Gasteiger partial charge is 0.0950 e. The van der Waals surface area contributed by atoms with Crippen molar-refractivity contribution in [3.05, 3.63) is 30.1 Å². The molecule has 1 aliphatic rings. The van der Waals surface area contributed by atoms with Gasteiger partial charge in [-0.3, -0.25) is 9.88 Å². The molecule has 1 aromatic heterocycles. The van der Waals surface area contributed by atoms with Crippen molar-refractivity contribution < 1.29 is 0 Å². The molecule has 0 radical (unpaired) electrons. The number of nitrogens with zero attached hydrogens (tertiary/aromatic N) is 4. The van der Waals surface area contributed by atoms with E-state index in [2.05, 4.69) is 33.0 Å². The van der Waals surface area contributed by atoms with E-state index in [0.717, 1.165) is 39.1 Å². The van der Waals surface area contributed by atoms with Crippen LogP contribution in [0.15, 0.2) is 24.5 Å². The summed E-state index contributed by atoms with van der Waals surface area (Å²) in [5, 5.41) is 8.89. The van der Waals surface area contributed by atoms with Crippen molar-refractivity contribution in [1.29, 1.82) is 5.26 Å². The lowest BCUT2D eigenvalue weighted by molar-refractivity contribution is 0.120. The van der Waals surface area contributed by atoms with E-state index < -0.39 is 0 Å². The SMILES string of the molecule is CC(C#N)N1CCN(CCc2ccncc2)CC1. The number of hydrogen-bond donors (Lipinski definition) is 0. The molecule has 1 saturated heterocycles. The molecule has 4 heteroatoms. The van der Waals surface area contributed by atoms with Crippen molar-refractivity contribution in [1.82, 2.24) is 14.8 Å². The molecular weight excluding hydrogens is 224 g/mol. The maximum absolute atomic E-state index is 8.89. The topological polar surface area (TPSA) is 43.2 Å². The fraction of sp³-hybridized carbons (Fsp3) is 0.571. The summed E-state index contributed by atoms with van der Waals surface area (Å²) in [4.78, 5) is 8.75. The second kappa shape index (κ2) is 6.48. The van der Waals surface area contributed by atoms with Gasteiger partial charge in [-0.25, -0.2) is 0 Å². The molecule has 0 spiro atoms. The van der Waals surface area contributed by atoms with E-state index >= 15 is 0 Å². The van der Waals surface area contributed by atoms with E-state index in [4.69, 9.17) is 5.26 Å². The maximum atomic E-state index is 8.89. The Morgan fingerprint density at radius 2 is 1.94 bits per heavy atom. The zero-order valence-electron chi connectivity index (χ0n) is 10.9. The quantitative estimate of drug-likeness (QED) is 0.797. The number of aromatic nitrogens is 1. The van der Waals surface area contributed by atoms with E-state index in [9.17, 15) is 0 Å². The van der Waals surface area contributed by atoms with Gasteiger partial charge in [-0.1, -0.05) is 0 Å². The normalized spacial score (nSPS) is 19.3. The zero-order valence-corrected chi connectivity index (χ0v) is 10.9. The highest BCUT2D eigenvalue weighted by molar-refractivity contribution is 5.09. The van der Waals surface area contributed by atoms with Gasteiger partial charge in [-0.05, 0) is 31.0 Å². The standard InChI is InChI=1S/C14H20N4/c1-13(12-15)18-10-8-17(9-11-18)7-4-14-2-5-16-6-3-14/h2-3,5-6,13H,4,7-11H2,1H3. The molecule has 1 fully saturated rings. The van der Waals surface area contributed by atoms with Gasteiger partial charge < -0.3 is 4.90 Å². The number of nitriles is 1. The molecule has 4 nitrogen and oxygen atoms in total. The molecule has 1 unspecified atom stereocenters. The number of rotatable bonds is 4. The van der Waals surface area contributed by atoms with Gasteiger partial charge in [0.05, 0.1) is 12.1 Å². The van der Waals surface area contributed by atoms with Crippen LogP contribution in [0.3, 0.4) is 0 Å². The van der Waals surface area contributed by atoms with Crippen LogP contribution in [0.1, 0.15) is 12.5 Å². The predicted octanol–water partition coefficient (Wildman–Crippen LogP) is 1.15. The zero-order chi connectivity index (χ0) is 12.8. The molecule has 2 rings (SSSR count). The summed E-state index contributed by atoms with van der Waals surface area (Å²) in [7, 11) is 0. The molecule has 0 aromatic carbocycles. The molecule has 18 heavy (non-hydrogen) atoms. The van der Waals surface area contributed by atoms with Crippen molar-refractivity contribution in [2.24, 2.45) is 0 Å². The maximum Gasteiger partial charge on any atom is 0.0950 e. The Morgan fingerprint density at radius 1 is 1.28 bits per heavy atom. The van der Waals surface area contributed by atoms with Crippen molar-refractivity contribution in [3.8, 4) is 6.07 Å². The van der Waals surface area contributed by atoms with Crippen molar-refractivity contribution in [2.45, 2.75) is 19.4 Å². The van der Waals surface area contributed by atoms with Gasteiger partial charge in [0, 0.05) is 45.1 Å². The highest BCUT2D eigenvalue weighted by Crippen LogP contribution is 2.07. The lowest BCUT2D eigenvalue weighted by Gasteiger charge is -2.35. The van der Waals surface area contributed by atoms with Gasteiger partial charge in [-0.2, -0.15) is 5.26 Å².